The average molecular weight is 407 g/mol. The van der Waals surface area contributed by atoms with Gasteiger partial charge in [0.1, 0.15) is 5.82 Å². The van der Waals surface area contributed by atoms with Crippen molar-refractivity contribution >= 4 is 11.8 Å². The molecule has 8 nitrogen and oxygen atoms in total. The second kappa shape index (κ2) is 7.34. The summed E-state index contributed by atoms with van der Waals surface area (Å²) < 4.78 is 0. The lowest BCUT2D eigenvalue weighted by molar-refractivity contribution is -0.133. The summed E-state index contributed by atoms with van der Waals surface area (Å²) in [6.07, 6.45) is 7.50. The number of amides is 2. The minimum Gasteiger partial charge on any atom is -0.334 e. The Morgan fingerprint density at radius 2 is 2.03 bits per heavy atom. The zero-order valence-corrected chi connectivity index (χ0v) is 17.1. The monoisotopic (exact) mass is 407 g/mol. The lowest BCUT2D eigenvalue weighted by atomic mass is 10.0. The molecule has 5 rings (SSSR count). The summed E-state index contributed by atoms with van der Waals surface area (Å²) in [5, 5.41) is 0. The van der Waals surface area contributed by atoms with Crippen molar-refractivity contribution in [3.8, 4) is 0 Å². The quantitative estimate of drug-likeness (QED) is 0.836. The molecule has 1 unspecified atom stereocenters. The van der Waals surface area contributed by atoms with E-state index in [9.17, 15) is 14.4 Å². The van der Waals surface area contributed by atoms with Gasteiger partial charge in [-0.3, -0.25) is 19.4 Å². The Morgan fingerprint density at radius 3 is 2.80 bits per heavy atom. The number of pyridine rings is 1. The molecule has 0 aromatic carbocycles. The molecule has 2 fully saturated rings. The van der Waals surface area contributed by atoms with Crippen molar-refractivity contribution in [2.45, 2.75) is 51.6 Å². The largest absolute Gasteiger partial charge is 0.334 e. The van der Waals surface area contributed by atoms with Crippen LogP contribution < -0.4 is 5.56 Å². The van der Waals surface area contributed by atoms with Gasteiger partial charge in [0, 0.05) is 43.4 Å². The number of fused-ring (bicyclic) bond motifs is 1. The molecule has 1 N–H and O–H groups in total. The van der Waals surface area contributed by atoms with Gasteiger partial charge in [0.2, 0.25) is 5.91 Å². The molecule has 1 saturated heterocycles. The van der Waals surface area contributed by atoms with E-state index in [0.717, 1.165) is 43.5 Å². The summed E-state index contributed by atoms with van der Waals surface area (Å²) in [5.41, 5.74) is 2.51. The SMILES string of the molecule is Cc1cnccc1C(=O)N1CCc2nc(C3CCCN3C(=O)C3CC3)[nH]c(=O)c2C1. The van der Waals surface area contributed by atoms with Crippen LogP contribution in [0.2, 0.25) is 0 Å². The van der Waals surface area contributed by atoms with Crippen molar-refractivity contribution < 1.29 is 9.59 Å². The highest BCUT2D eigenvalue weighted by Crippen LogP contribution is 2.37. The van der Waals surface area contributed by atoms with Crippen molar-refractivity contribution in [3.05, 3.63) is 57.0 Å². The first-order valence-corrected chi connectivity index (χ1v) is 10.6. The summed E-state index contributed by atoms with van der Waals surface area (Å²) in [5.74, 6) is 0.851. The Bertz CT molecular complexity index is 1070. The summed E-state index contributed by atoms with van der Waals surface area (Å²) in [7, 11) is 0. The van der Waals surface area contributed by atoms with E-state index in [1.54, 1.807) is 23.4 Å². The molecule has 156 valence electrons. The van der Waals surface area contributed by atoms with Crippen molar-refractivity contribution in [1.82, 2.24) is 24.8 Å². The highest BCUT2D eigenvalue weighted by molar-refractivity contribution is 5.95. The molecule has 8 heteroatoms. The Hall–Kier alpha value is -3.03. The van der Waals surface area contributed by atoms with Gasteiger partial charge >= 0.3 is 0 Å². The molecule has 2 aliphatic heterocycles. The fraction of sp³-hybridized carbons (Fsp3) is 0.500. The fourth-order valence-corrected chi connectivity index (χ4v) is 4.54. The standard InChI is InChI=1S/C22H25N5O3/c1-13-11-23-8-6-15(13)22(30)26-10-7-17-16(12-26)20(28)25-19(24-17)18-3-2-9-27(18)21(29)14-4-5-14/h6,8,11,14,18H,2-5,7,9-10,12H2,1H3,(H,24,25,28). The summed E-state index contributed by atoms with van der Waals surface area (Å²) in [6.45, 7) is 3.34. The van der Waals surface area contributed by atoms with Crippen LogP contribution in [0.15, 0.2) is 23.3 Å². The number of hydrogen-bond donors (Lipinski definition) is 1. The lowest BCUT2D eigenvalue weighted by Crippen LogP contribution is -2.41. The molecular weight excluding hydrogens is 382 g/mol. The molecule has 3 aliphatic rings. The van der Waals surface area contributed by atoms with E-state index in [4.69, 9.17) is 4.98 Å². The van der Waals surface area contributed by atoms with Crippen molar-refractivity contribution in [3.63, 3.8) is 0 Å². The molecular formula is C22H25N5O3. The van der Waals surface area contributed by atoms with Crippen LogP contribution in [0.25, 0.3) is 0 Å². The van der Waals surface area contributed by atoms with Gasteiger partial charge in [0.15, 0.2) is 0 Å². The third-order valence-electron chi connectivity index (χ3n) is 6.40. The zero-order valence-electron chi connectivity index (χ0n) is 17.1. The number of aryl methyl sites for hydroxylation is 1. The first-order valence-electron chi connectivity index (χ1n) is 10.6. The Labute approximate surface area is 174 Å². The summed E-state index contributed by atoms with van der Waals surface area (Å²) in [4.78, 5) is 53.7. The predicted octanol–water partition coefficient (Wildman–Crippen LogP) is 1.75. The third kappa shape index (κ3) is 3.30. The molecule has 4 heterocycles. The number of nitrogens with zero attached hydrogens (tertiary/aromatic N) is 4. The van der Waals surface area contributed by atoms with Gasteiger partial charge in [-0.05, 0) is 44.2 Å². The van der Waals surface area contributed by atoms with Gasteiger partial charge in [-0.1, -0.05) is 0 Å². The first-order chi connectivity index (χ1) is 14.5. The molecule has 0 spiro atoms. The van der Waals surface area contributed by atoms with E-state index in [-0.39, 0.29) is 35.9 Å². The third-order valence-corrected chi connectivity index (χ3v) is 6.40. The van der Waals surface area contributed by atoms with E-state index in [1.165, 1.54) is 0 Å². The van der Waals surface area contributed by atoms with E-state index in [1.807, 2.05) is 11.8 Å². The minimum absolute atomic E-state index is 0.0963. The Kier molecular flexibility index (Phi) is 4.64. The number of aromatic nitrogens is 3. The van der Waals surface area contributed by atoms with Crippen LogP contribution in [-0.2, 0) is 17.8 Å². The Balaban J connectivity index is 1.39. The lowest BCUT2D eigenvalue weighted by Gasteiger charge is -2.29. The van der Waals surface area contributed by atoms with Gasteiger partial charge < -0.3 is 14.8 Å². The topological polar surface area (TPSA) is 99.3 Å². The Morgan fingerprint density at radius 1 is 1.20 bits per heavy atom. The van der Waals surface area contributed by atoms with Gasteiger partial charge in [0.25, 0.3) is 11.5 Å². The zero-order chi connectivity index (χ0) is 20.8. The van der Waals surface area contributed by atoms with Crippen LogP contribution in [0, 0.1) is 12.8 Å². The molecule has 30 heavy (non-hydrogen) atoms. The molecule has 2 aromatic rings. The molecule has 1 saturated carbocycles. The maximum atomic E-state index is 12.9. The van der Waals surface area contributed by atoms with Crippen LogP contribution in [-0.4, -0.2) is 49.7 Å². The number of nitrogens with one attached hydrogen (secondary N) is 1. The number of rotatable bonds is 3. The van der Waals surface area contributed by atoms with Crippen molar-refractivity contribution in [1.29, 1.82) is 0 Å². The van der Waals surface area contributed by atoms with Crippen LogP contribution in [0.5, 0.6) is 0 Å². The smallest absolute Gasteiger partial charge is 0.256 e. The normalized spacial score (nSPS) is 20.9. The molecule has 0 radical (unpaired) electrons. The second-order valence-electron chi connectivity index (χ2n) is 8.51. The number of carbonyl (C=O) groups is 2. The number of hydrogen-bond acceptors (Lipinski definition) is 5. The van der Waals surface area contributed by atoms with Crippen LogP contribution in [0.3, 0.4) is 0 Å². The van der Waals surface area contributed by atoms with Gasteiger partial charge in [-0.25, -0.2) is 4.98 Å². The van der Waals surface area contributed by atoms with Crippen molar-refractivity contribution in [2.75, 3.05) is 13.1 Å². The van der Waals surface area contributed by atoms with Gasteiger partial charge in [-0.15, -0.1) is 0 Å². The first kappa shape index (κ1) is 19.0. The number of H-pyrrole nitrogens is 1. The van der Waals surface area contributed by atoms with Crippen LogP contribution >= 0.6 is 0 Å². The minimum atomic E-state index is -0.204. The maximum absolute atomic E-state index is 12.9. The number of aromatic amines is 1. The van der Waals surface area contributed by atoms with Crippen molar-refractivity contribution in [2.24, 2.45) is 5.92 Å². The molecule has 0 bridgehead atoms. The highest BCUT2D eigenvalue weighted by Gasteiger charge is 2.40. The van der Waals surface area contributed by atoms with E-state index in [0.29, 0.717) is 29.9 Å². The summed E-state index contributed by atoms with van der Waals surface area (Å²) in [6, 6.07) is 1.57. The molecule has 1 atom stereocenters. The van der Waals surface area contributed by atoms with E-state index < -0.39 is 0 Å². The fourth-order valence-electron chi connectivity index (χ4n) is 4.54. The predicted molar refractivity (Wildman–Crippen MR) is 109 cm³/mol. The van der Waals surface area contributed by atoms with E-state index >= 15 is 0 Å². The second-order valence-corrected chi connectivity index (χ2v) is 8.51. The number of carbonyl (C=O) groups excluding carboxylic acids is 2. The highest BCUT2D eigenvalue weighted by atomic mass is 16.2. The summed E-state index contributed by atoms with van der Waals surface area (Å²) >= 11 is 0. The van der Waals surface area contributed by atoms with Gasteiger partial charge in [-0.2, -0.15) is 0 Å². The molecule has 2 amide bonds. The maximum Gasteiger partial charge on any atom is 0.256 e. The van der Waals surface area contributed by atoms with Crippen LogP contribution in [0.4, 0.5) is 0 Å². The number of likely N-dealkylation sites (tertiary alicyclic amines) is 1. The van der Waals surface area contributed by atoms with Gasteiger partial charge in [0.05, 0.1) is 23.8 Å². The molecule has 2 aromatic heterocycles. The average Bonchev–Trinajstić information content (AvgIpc) is 3.49. The van der Waals surface area contributed by atoms with Crippen LogP contribution in [0.1, 0.15) is 64.7 Å². The van der Waals surface area contributed by atoms with E-state index in [2.05, 4.69) is 9.97 Å². The molecule has 1 aliphatic carbocycles.